The molecular formula is C23H25F2N5O3. The molecule has 3 amide bonds. The average molecular weight is 457 g/mol. The Morgan fingerprint density at radius 3 is 2.58 bits per heavy atom. The molecule has 0 bridgehead atoms. The van der Waals surface area contributed by atoms with Gasteiger partial charge in [0.25, 0.3) is 5.91 Å². The van der Waals surface area contributed by atoms with Crippen molar-refractivity contribution < 1.29 is 23.2 Å². The summed E-state index contributed by atoms with van der Waals surface area (Å²) in [4.78, 5) is 40.0. The van der Waals surface area contributed by atoms with E-state index in [2.05, 4.69) is 15.3 Å². The average Bonchev–Trinajstić information content (AvgIpc) is 3.33. The molecule has 33 heavy (non-hydrogen) atoms. The highest BCUT2D eigenvalue weighted by Gasteiger charge is 2.42. The van der Waals surface area contributed by atoms with Crippen LogP contribution in [0.4, 0.5) is 8.78 Å². The lowest BCUT2D eigenvalue weighted by atomic mass is 9.86. The van der Waals surface area contributed by atoms with Crippen molar-refractivity contribution in [2.45, 2.75) is 50.7 Å². The molecule has 1 aromatic carbocycles. The van der Waals surface area contributed by atoms with E-state index in [0.29, 0.717) is 25.9 Å². The van der Waals surface area contributed by atoms with E-state index in [1.165, 1.54) is 4.90 Å². The summed E-state index contributed by atoms with van der Waals surface area (Å²) in [5.74, 6) is -3.22. The van der Waals surface area contributed by atoms with Crippen LogP contribution in [0.25, 0.3) is 0 Å². The zero-order valence-corrected chi connectivity index (χ0v) is 18.3. The first-order valence-corrected chi connectivity index (χ1v) is 11.2. The van der Waals surface area contributed by atoms with Crippen LogP contribution in [0.5, 0.6) is 0 Å². The fraction of sp³-hybridized carbons (Fsp3) is 0.478. The summed E-state index contributed by atoms with van der Waals surface area (Å²) in [6, 6.07) is 2.21. The number of amides is 3. The lowest BCUT2D eigenvalue weighted by molar-refractivity contribution is -0.136. The minimum Gasteiger partial charge on any atom is -0.322 e. The number of carbonyl (C=O) groups is 3. The Morgan fingerprint density at radius 1 is 1.15 bits per heavy atom. The second-order valence-corrected chi connectivity index (χ2v) is 9.01. The van der Waals surface area contributed by atoms with Crippen molar-refractivity contribution in [2.75, 3.05) is 13.1 Å². The largest absolute Gasteiger partial charge is 0.322 e. The van der Waals surface area contributed by atoms with Gasteiger partial charge in [0.05, 0.1) is 17.8 Å². The third-order valence-corrected chi connectivity index (χ3v) is 7.06. The zero-order chi connectivity index (χ0) is 23.3. The van der Waals surface area contributed by atoms with Crippen molar-refractivity contribution in [3.8, 4) is 0 Å². The van der Waals surface area contributed by atoms with Crippen molar-refractivity contribution in [1.82, 2.24) is 24.9 Å². The van der Waals surface area contributed by atoms with Crippen molar-refractivity contribution in [1.29, 1.82) is 0 Å². The molecule has 0 saturated carbocycles. The van der Waals surface area contributed by atoms with E-state index in [1.807, 2.05) is 17.8 Å². The Balaban J connectivity index is 1.33. The molecule has 10 heteroatoms. The number of halogens is 2. The Kier molecular flexibility index (Phi) is 5.48. The van der Waals surface area contributed by atoms with Crippen LogP contribution < -0.4 is 5.32 Å². The van der Waals surface area contributed by atoms with Crippen LogP contribution in [0.1, 0.15) is 58.8 Å². The number of imide groups is 1. The molecule has 2 saturated heterocycles. The van der Waals surface area contributed by atoms with Crippen LogP contribution in [-0.2, 0) is 29.7 Å². The maximum atomic E-state index is 15.5. The highest BCUT2D eigenvalue weighted by Crippen LogP contribution is 2.38. The van der Waals surface area contributed by atoms with Gasteiger partial charge in [0.1, 0.15) is 17.7 Å². The van der Waals surface area contributed by atoms with Crippen molar-refractivity contribution in [3.05, 3.63) is 52.3 Å². The number of piperidine rings is 2. The van der Waals surface area contributed by atoms with Crippen LogP contribution in [0.3, 0.4) is 0 Å². The Morgan fingerprint density at radius 2 is 1.91 bits per heavy atom. The first kappa shape index (κ1) is 21.7. The molecule has 4 heterocycles. The topological polar surface area (TPSA) is 87.5 Å². The van der Waals surface area contributed by atoms with Gasteiger partial charge in [-0.05, 0) is 50.4 Å². The molecule has 0 spiro atoms. The Bertz CT molecular complexity index is 1140. The van der Waals surface area contributed by atoms with E-state index in [0.717, 1.165) is 18.3 Å². The second-order valence-electron chi connectivity index (χ2n) is 9.01. The number of hydrogen-bond donors (Lipinski definition) is 1. The van der Waals surface area contributed by atoms with Crippen molar-refractivity contribution in [3.63, 3.8) is 0 Å². The number of nitrogens with one attached hydrogen (secondary N) is 1. The number of fused-ring (bicyclic) bond motifs is 1. The van der Waals surface area contributed by atoms with Gasteiger partial charge >= 0.3 is 0 Å². The first-order chi connectivity index (χ1) is 15.8. The Labute approximate surface area is 189 Å². The van der Waals surface area contributed by atoms with Crippen LogP contribution in [0.15, 0.2) is 18.3 Å². The molecule has 174 valence electrons. The van der Waals surface area contributed by atoms with Crippen LogP contribution in [0.2, 0.25) is 0 Å². The number of aryl methyl sites for hydroxylation is 1. The van der Waals surface area contributed by atoms with Gasteiger partial charge in [-0.3, -0.25) is 29.3 Å². The summed E-state index contributed by atoms with van der Waals surface area (Å²) in [7, 11) is 1.89. The monoisotopic (exact) mass is 457 g/mol. The molecular weight excluding hydrogens is 432 g/mol. The summed E-state index contributed by atoms with van der Waals surface area (Å²) in [6.45, 7) is 2.03. The lowest BCUT2D eigenvalue weighted by Crippen LogP contribution is -2.52. The van der Waals surface area contributed by atoms with Gasteiger partial charge in [-0.25, -0.2) is 8.78 Å². The molecule has 2 aromatic rings. The number of aromatic nitrogens is 2. The van der Waals surface area contributed by atoms with Crippen LogP contribution in [-0.4, -0.2) is 56.4 Å². The molecule has 5 rings (SSSR count). The van der Waals surface area contributed by atoms with Gasteiger partial charge in [0, 0.05) is 37.3 Å². The van der Waals surface area contributed by atoms with E-state index >= 15 is 8.78 Å². The van der Waals surface area contributed by atoms with E-state index in [1.54, 1.807) is 6.20 Å². The predicted molar refractivity (Wildman–Crippen MR) is 113 cm³/mol. The highest BCUT2D eigenvalue weighted by atomic mass is 19.1. The van der Waals surface area contributed by atoms with Gasteiger partial charge in [-0.15, -0.1) is 0 Å². The number of carbonyl (C=O) groups excluding carboxylic acids is 3. The number of hydrogen-bond acceptors (Lipinski definition) is 5. The molecule has 3 aliphatic heterocycles. The van der Waals surface area contributed by atoms with E-state index in [9.17, 15) is 14.4 Å². The van der Waals surface area contributed by atoms with Gasteiger partial charge in [-0.2, -0.15) is 5.10 Å². The maximum Gasteiger partial charge on any atom is 0.255 e. The van der Waals surface area contributed by atoms with Crippen LogP contribution in [0, 0.1) is 11.6 Å². The summed E-state index contributed by atoms with van der Waals surface area (Å²) in [6.07, 6.45) is 3.24. The number of nitrogens with zero attached hydrogens (tertiary/aromatic N) is 4. The fourth-order valence-corrected chi connectivity index (χ4v) is 5.19. The number of rotatable bonds is 4. The van der Waals surface area contributed by atoms with Gasteiger partial charge in [0.2, 0.25) is 11.8 Å². The molecule has 1 aromatic heterocycles. The van der Waals surface area contributed by atoms with Gasteiger partial charge < -0.3 is 4.90 Å². The molecule has 2 fully saturated rings. The molecule has 0 aliphatic carbocycles. The molecule has 1 N–H and O–H groups in total. The summed E-state index contributed by atoms with van der Waals surface area (Å²) >= 11 is 0. The van der Waals surface area contributed by atoms with E-state index in [4.69, 9.17) is 0 Å². The zero-order valence-electron chi connectivity index (χ0n) is 18.3. The Hall–Kier alpha value is -3.14. The molecule has 8 nitrogen and oxygen atoms in total. The van der Waals surface area contributed by atoms with Crippen LogP contribution >= 0.6 is 0 Å². The number of likely N-dealkylation sites (tertiary alicyclic amines) is 1. The predicted octanol–water partition coefficient (Wildman–Crippen LogP) is 1.84. The van der Waals surface area contributed by atoms with Crippen molar-refractivity contribution >= 4 is 17.7 Å². The second kappa shape index (κ2) is 8.33. The summed E-state index contributed by atoms with van der Waals surface area (Å²) in [5.41, 5.74) is 1.22. The molecule has 1 atom stereocenters. The third-order valence-electron chi connectivity index (χ3n) is 7.06. The summed E-state index contributed by atoms with van der Waals surface area (Å²) < 4.78 is 32.4. The minimum absolute atomic E-state index is 0.0341. The summed E-state index contributed by atoms with van der Waals surface area (Å²) in [5, 5.41) is 6.39. The number of benzene rings is 1. The minimum atomic E-state index is -0.858. The van der Waals surface area contributed by atoms with Gasteiger partial charge in [0.15, 0.2) is 0 Å². The van der Waals surface area contributed by atoms with E-state index < -0.39 is 35.4 Å². The fourth-order valence-electron chi connectivity index (χ4n) is 5.19. The first-order valence-electron chi connectivity index (χ1n) is 11.2. The van der Waals surface area contributed by atoms with Gasteiger partial charge in [-0.1, -0.05) is 0 Å². The molecule has 0 radical (unpaired) electrons. The standard InChI is InChI=1S/C23H25F2N5O3/c1-28-14(4-7-26-28)11-29-8-5-13(6-9-29)20-17(24)10-15-16(21(20)25)12-30(23(15)33)18-2-3-19(31)27-22(18)32/h4,7,10,13,18H,2-3,5-6,8-9,11-12H2,1H3,(H,27,31,32). The van der Waals surface area contributed by atoms with Crippen molar-refractivity contribution in [2.24, 2.45) is 7.05 Å². The van der Waals surface area contributed by atoms with E-state index in [-0.39, 0.29) is 42.0 Å². The maximum absolute atomic E-state index is 15.5. The quantitative estimate of drug-likeness (QED) is 0.708. The smallest absolute Gasteiger partial charge is 0.255 e. The molecule has 3 aliphatic rings. The third kappa shape index (κ3) is 3.82. The normalized spacial score (nSPS) is 22.1. The highest BCUT2D eigenvalue weighted by molar-refractivity contribution is 6.05. The SMILES string of the molecule is Cn1nccc1CN1CCC(c2c(F)cc3c(c2F)CN(C2CCC(=O)NC2=O)C3=O)CC1. The lowest BCUT2D eigenvalue weighted by Gasteiger charge is -2.32. The molecule has 1 unspecified atom stereocenters.